The second-order valence-electron chi connectivity index (χ2n) is 8.57. The molecule has 1 saturated heterocycles. The zero-order valence-electron chi connectivity index (χ0n) is 19.9. The number of hydrogen-bond donors (Lipinski definition) is 1. The van der Waals surface area contributed by atoms with Gasteiger partial charge in [-0.05, 0) is 62.4 Å². The lowest BCUT2D eigenvalue weighted by Gasteiger charge is -2.33. The minimum atomic E-state index is 0.0452. The number of hydrogen-bond acceptors (Lipinski definition) is 5. The summed E-state index contributed by atoms with van der Waals surface area (Å²) in [5.41, 5.74) is 0.976. The van der Waals surface area contributed by atoms with Crippen LogP contribution in [0, 0.1) is 4.77 Å². The Morgan fingerprint density at radius 3 is 2.39 bits per heavy atom. The van der Waals surface area contributed by atoms with Crippen molar-refractivity contribution in [2.24, 2.45) is 0 Å². The number of aryl methyl sites for hydroxylation is 1. The number of nitrogens with zero attached hydrogens (tertiary/aromatic N) is 5. The van der Waals surface area contributed by atoms with Gasteiger partial charge in [0, 0.05) is 56.3 Å². The third kappa shape index (κ3) is 7.64. The molecule has 0 aliphatic carbocycles. The van der Waals surface area contributed by atoms with Gasteiger partial charge < -0.3 is 15.1 Å². The van der Waals surface area contributed by atoms with Crippen molar-refractivity contribution in [3.05, 3.63) is 34.1 Å². The Hall–Kier alpha value is -1.74. The van der Waals surface area contributed by atoms with Gasteiger partial charge in [0.2, 0.25) is 5.91 Å². The fraction of sp³-hybridized carbons (Fsp3) is 0.625. The Bertz CT molecular complexity index is 933. The molecule has 1 amide bonds. The summed E-state index contributed by atoms with van der Waals surface area (Å²) in [5.74, 6) is 0.873. The number of piperazine rings is 1. The maximum atomic E-state index is 12.4. The van der Waals surface area contributed by atoms with Crippen LogP contribution in [0.15, 0.2) is 24.3 Å². The molecule has 3 rings (SSSR count). The van der Waals surface area contributed by atoms with E-state index in [1.807, 2.05) is 24.3 Å². The maximum absolute atomic E-state index is 12.4. The number of likely N-dealkylation sites (N-methyl/N-ethyl adjacent to an activating group) is 1. The number of amides is 1. The van der Waals surface area contributed by atoms with Crippen LogP contribution in [0.25, 0.3) is 11.4 Å². The van der Waals surface area contributed by atoms with E-state index >= 15 is 0 Å². The number of unbranched alkanes of at least 4 members (excludes halogenated alkanes) is 1. The highest BCUT2D eigenvalue weighted by Gasteiger charge is 2.15. The predicted octanol–water partition coefficient (Wildman–Crippen LogP) is 4.07. The van der Waals surface area contributed by atoms with Gasteiger partial charge in [-0.2, -0.15) is 5.10 Å². The first-order chi connectivity index (χ1) is 16.0. The summed E-state index contributed by atoms with van der Waals surface area (Å²) in [6, 6.07) is 7.64. The Morgan fingerprint density at radius 1 is 1.03 bits per heavy atom. The van der Waals surface area contributed by atoms with Gasteiger partial charge >= 0.3 is 0 Å². The van der Waals surface area contributed by atoms with Crippen LogP contribution < -0.4 is 5.32 Å². The maximum Gasteiger partial charge on any atom is 0.221 e. The molecule has 33 heavy (non-hydrogen) atoms. The van der Waals surface area contributed by atoms with Gasteiger partial charge in [-0.25, -0.2) is 4.68 Å². The average Bonchev–Trinajstić information content (AvgIpc) is 3.15. The molecular formula is C24H37ClN6OS. The van der Waals surface area contributed by atoms with Gasteiger partial charge in [-0.15, -0.1) is 0 Å². The Labute approximate surface area is 207 Å². The summed E-state index contributed by atoms with van der Waals surface area (Å²) in [6.45, 7) is 13.1. The van der Waals surface area contributed by atoms with Crippen LogP contribution in [0.2, 0.25) is 5.02 Å². The van der Waals surface area contributed by atoms with E-state index in [-0.39, 0.29) is 5.91 Å². The molecule has 2 heterocycles. The van der Waals surface area contributed by atoms with E-state index in [4.69, 9.17) is 28.9 Å². The molecule has 9 heteroatoms. The second-order valence-corrected chi connectivity index (χ2v) is 9.37. The number of nitrogens with one attached hydrogen (secondary N) is 1. The normalized spacial score (nSPS) is 15.1. The molecule has 1 fully saturated rings. The average molecular weight is 493 g/mol. The van der Waals surface area contributed by atoms with Gasteiger partial charge in [0.25, 0.3) is 0 Å². The smallest absolute Gasteiger partial charge is 0.221 e. The fourth-order valence-electron chi connectivity index (χ4n) is 4.07. The highest BCUT2D eigenvalue weighted by Crippen LogP contribution is 2.21. The van der Waals surface area contributed by atoms with Crippen molar-refractivity contribution in [1.82, 2.24) is 29.5 Å². The van der Waals surface area contributed by atoms with Crippen molar-refractivity contribution in [2.45, 2.75) is 52.6 Å². The van der Waals surface area contributed by atoms with Crippen molar-refractivity contribution in [2.75, 3.05) is 45.8 Å². The number of carbonyl (C=O) groups excluding carboxylic acids is 1. The van der Waals surface area contributed by atoms with E-state index in [0.717, 1.165) is 76.5 Å². The summed E-state index contributed by atoms with van der Waals surface area (Å²) < 4.78 is 4.51. The van der Waals surface area contributed by atoms with E-state index in [1.54, 1.807) is 4.68 Å². The Morgan fingerprint density at radius 2 is 1.73 bits per heavy atom. The van der Waals surface area contributed by atoms with Crippen molar-refractivity contribution >= 4 is 29.7 Å². The molecule has 1 aliphatic rings. The number of aromatic nitrogens is 3. The lowest BCUT2D eigenvalue weighted by atomic mass is 10.2. The van der Waals surface area contributed by atoms with Crippen LogP contribution in [0.3, 0.4) is 0 Å². The Kier molecular flexibility index (Phi) is 10.4. The molecule has 0 saturated carbocycles. The third-order valence-electron chi connectivity index (χ3n) is 6.20. The molecule has 7 nitrogen and oxygen atoms in total. The van der Waals surface area contributed by atoms with Crippen LogP contribution in [0.1, 0.15) is 39.5 Å². The summed E-state index contributed by atoms with van der Waals surface area (Å²) in [4.78, 5) is 17.4. The molecule has 0 unspecified atom stereocenters. The largest absolute Gasteiger partial charge is 0.356 e. The molecule has 0 atom stereocenters. The van der Waals surface area contributed by atoms with Crippen molar-refractivity contribution in [3.63, 3.8) is 0 Å². The minimum Gasteiger partial charge on any atom is -0.356 e. The van der Waals surface area contributed by atoms with Crippen LogP contribution >= 0.6 is 23.8 Å². The summed E-state index contributed by atoms with van der Waals surface area (Å²) in [5, 5.41) is 8.49. The molecule has 1 N–H and O–H groups in total. The summed E-state index contributed by atoms with van der Waals surface area (Å²) >= 11 is 11.7. The monoisotopic (exact) mass is 492 g/mol. The van der Waals surface area contributed by atoms with E-state index in [0.29, 0.717) is 29.3 Å². The highest BCUT2D eigenvalue weighted by atomic mass is 35.5. The van der Waals surface area contributed by atoms with Crippen LogP contribution in [0.5, 0.6) is 0 Å². The van der Waals surface area contributed by atoms with Crippen molar-refractivity contribution in [1.29, 1.82) is 0 Å². The second kappa shape index (κ2) is 13.2. The summed E-state index contributed by atoms with van der Waals surface area (Å²) in [7, 11) is 0. The zero-order valence-corrected chi connectivity index (χ0v) is 21.5. The van der Waals surface area contributed by atoms with E-state index in [1.165, 1.54) is 0 Å². The van der Waals surface area contributed by atoms with Crippen LogP contribution in [-0.4, -0.2) is 75.9 Å². The number of halogens is 1. The third-order valence-corrected chi connectivity index (χ3v) is 6.88. The topological polar surface area (TPSA) is 58.3 Å². The number of carbonyl (C=O) groups is 1. The molecule has 182 valence electrons. The first kappa shape index (κ1) is 25.9. The first-order valence-corrected chi connectivity index (χ1v) is 13.0. The number of benzene rings is 1. The van der Waals surface area contributed by atoms with Gasteiger partial charge in [0.1, 0.15) is 0 Å². The molecule has 1 aromatic heterocycles. The molecule has 1 aromatic carbocycles. The standard InChI is InChI=1S/C24H37ClN6OS/c1-3-5-14-30-23(20-7-9-21(25)10-8-20)27-31(24(30)33)15-11-22(32)26-12-6-13-29-18-16-28(4-2)17-19-29/h7-10H,3-6,11-19H2,1-2H3,(H,26,32). The zero-order chi connectivity index (χ0) is 23.6. The number of rotatable bonds is 12. The molecule has 0 radical (unpaired) electrons. The van der Waals surface area contributed by atoms with Gasteiger partial charge in [-0.3, -0.25) is 9.36 Å². The lowest BCUT2D eigenvalue weighted by molar-refractivity contribution is -0.121. The molecule has 0 bridgehead atoms. The first-order valence-electron chi connectivity index (χ1n) is 12.2. The van der Waals surface area contributed by atoms with Crippen LogP contribution in [0.4, 0.5) is 0 Å². The van der Waals surface area contributed by atoms with Crippen molar-refractivity contribution < 1.29 is 4.79 Å². The summed E-state index contributed by atoms with van der Waals surface area (Å²) in [6.07, 6.45) is 3.44. The van der Waals surface area contributed by atoms with Crippen molar-refractivity contribution in [3.8, 4) is 11.4 Å². The minimum absolute atomic E-state index is 0.0452. The van der Waals surface area contributed by atoms with E-state index < -0.39 is 0 Å². The SMILES string of the molecule is CCCCn1c(-c2ccc(Cl)cc2)nn(CCC(=O)NCCCN2CCN(CC)CC2)c1=S. The van der Waals surface area contributed by atoms with Gasteiger partial charge in [0.15, 0.2) is 10.6 Å². The highest BCUT2D eigenvalue weighted by molar-refractivity contribution is 7.71. The molecule has 1 aliphatic heterocycles. The predicted molar refractivity (Wildman–Crippen MR) is 137 cm³/mol. The van der Waals surface area contributed by atoms with Gasteiger partial charge in [-0.1, -0.05) is 31.9 Å². The van der Waals surface area contributed by atoms with E-state index in [9.17, 15) is 4.79 Å². The van der Waals surface area contributed by atoms with Crippen LogP contribution in [-0.2, 0) is 17.9 Å². The fourth-order valence-corrected chi connectivity index (χ4v) is 4.51. The lowest BCUT2D eigenvalue weighted by Crippen LogP contribution is -2.46. The molecule has 0 spiro atoms. The van der Waals surface area contributed by atoms with E-state index in [2.05, 4.69) is 33.5 Å². The molecular weight excluding hydrogens is 456 g/mol. The quantitative estimate of drug-likeness (QED) is 0.357. The van der Waals surface area contributed by atoms with Gasteiger partial charge in [0.05, 0.1) is 6.54 Å². The Balaban J connectivity index is 1.49. The molecule has 2 aromatic rings.